The molecule has 0 aromatic heterocycles. The minimum absolute atomic E-state index is 0.775. The normalized spacial score (nSPS) is 22.6. The second-order valence-corrected chi connectivity index (χ2v) is 7.09. The summed E-state index contributed by atoms with van der Waals surface area (Å²) in [5.74, 6) is 0. The Bertz CT molecular complexity index is 477. The van der Waals surface area contributed by atoms with E-state index >= 15 is 0 Å². The summed E-state index contributed by atoms with van der Waals surface area (Å²) < 4.78 is 1.24. The van der Waals surface area contributed by atoms with Crippen LogP contribution >= 0.6 is 15.9 Å². The third kappa shape index (κ3) is 3.61. The van der Waals surface area contributed by atoms with Crippen LogP contribution in [0.4, 0.5) is 5.69 Å². The number of rotatable bonds is 5. The molecule has 1 aromatic carbocycles. The predicted octanol–water partition coefficient (Wildman–Crippen LogP) is 3.23. The van der Waals surface area contributed by atoms with Gasteiger partial charge in [-0.25, -0.2) is 0 Å². The predicted molar refractivity (Wildman–Crippen MR) is 92.9 cm³/mol. The maximum absolute atomic E-state index is 3.78. The van der Waals surface area contributed by atoms with Gasteiger partial charge in [0.05, 0.1) is 5.69 Å². The van der Waals surface area contributed by atoms with Gasteiger partial charge in [0.25, 0.3) is 0 Å². The van der Waals surface area contributed by atoms with E-state index in [1.807, 2.05) is 0 Å². The third-order valence-electron chi connectivity index (χ3n) is 4.70. The summed E-state index contributed by atoms with van der Waals surface area (Å²) in [6.07, 6.45) is 3.93. The fourth-order valence-corrected chi connectivity index (χ4v) is 4.21. The first-order valence-electron chi connectivity index (χ1n) is 8.26. The molecular formula is C17H26BrN3. The van der Waals surface area contributed by atoms with Crippen LogP contribution in [0.2, 0.25) is 0 Å². The third-order valence-corrected chi connectivity index (χ3v) is 5.33. The average molecular weight is 352 g/mol. The Morgan fingerprint density at radius 1 is 1.29 bits per heavy atom. The zero-order valence-corrected chi connectivity index (χ0v) is 14.5. The van der Waals surface area contributed by atoms with Crippen LogP contribution in [-0.2, 0) is 6.54 Å². The molecule has 2 aliphatic heterocycles. The molecule has 116 valence electrons. The van der Waals surface area contributed by atoms with Crippen LogP contribution in [0, 0.1) is 0 Å². The van der Waals surface area contributed by atoms with Crippen molar-refractivity contribution in [1.29, 1.82) is 0 Å². The summed E-state index contributed by atoms with van der Waals surface area (Å²) in [5, 5.41) is 3.47. The summed E-state index contributed by atoms with van der Waals surface area (Å²) in [6.45, 7) is 9.12. The first-order chi connectivity index (χ1) is 10.3. The number of halogens is 1. The Morgan fingerprint density at radius 3 is 3.00 bits per heavy atom. The monoisotopic (exact) mass is 351 g/mol. The van der Waals surface area contributed by atoms with E-state index in [4.69, 9.17) is 0 Å². The minimum atomic E-state index is 0.775. The molecule has 2 aliphatic rings. The number of hydrogen-bond donors (Lipinski definition) is 1. The molecule has 0 amide bonds. The zero-order valence-electron chi connectivity index (χ0n) is 12.9. The molecule has 2 fully saturated rings. The topological polar surface area (TPSA) is 18.5 Å². The largest absolute Gasteiger partial charge is 0.368 e. The van der Waals surface area contributed by atoms with Crippen LogP contribution in [0.3, 0.4) is 0 Å². The quantitative estimate of drug-likeness (QED) is 0.821. The van der Waals surface area contributed by atoms with Gasteiger partial charge in [0.2, 0.25) is 0 Å². The van der Waals surface area contributed by atoms with Gasteiger partial charge in [0, 0.05) is 36.7 Å². The van der Waals surface area contributed by atoms with Crippen molar-refractivity contribution < 1.29 is 0 Å². The Labute approximate surface area is 136 Å². The second-order valence-electron chi connectivity index (χ2n) is 6.24. The van der Waals surface area contributed by atoms with Crippen LogP contribution in [0.15, 0.2) is 22.7 Å². The van der Waals surface area contributed by atoms with Gasteiger partial charge in [-0.3, -0.25) is 4.90 Å². The lowest BCUT2D eigenvalue weighted by molar-refractivity contribution is 0.231. The van der Waals surface area contributed by atoms with E-state index < -0.39 is 0 Å². The fraction of sp³-hybridized carbons (Fsp3) is 0.647. The standard InChI is InChI=1S/C17H26BrN3/c1-2-7-19-12-14-5-6-17(16(18)11-14)21-10-9-20-8-3-4-15(20)13-21/h5-6,11,15,19H,2-4,7-10,12-13H2,1H3. The molecule has 0 spiro atoms. The van der Waals surface area contributed by atoms with Crippen molar-refractivity contribution in [3.05, 3.63) is 28.2 Å². The highest BCUT2D eigenvalue weighted by atomic mass is 79.9. The highest BCUT2D eigenvalue weighted by molar-refractivity contribution is 9.10. The Balaban J connectivity index is 1.65. The van der Waals surface area contributed by atoms with E-state index in [1.165, 1.54) is 54.6 Å². The van der Waals surface area contributed by atoms with Crippen LogP contribution < -0.4 is 10.2 Å². The zero-order chi connectivity index (χ0) is 14.7. The maximum atomic E-state index is 3.78. The van der Waals surface area contributed by atoms with Gasteiger partial charge in [-0.15, -0.1) is 0 Å². The first-order valence-corrected chi connectivity index (χ1v) is 9.05. The van der Waals surface area contributed by atoms with E-state index in [9.17, 15) is 0 Å². The minimum Gasteiger partial charge on any atom is -0.368 e. The lowest BCUT2D eigenvalue weighted by Gasteiger charge is -2.39. The van der Waals surface area contributed by atoms with Crippen LogP contribution in [0.25, 0.3) is 0 Å². The Morgan fingerprint density at radius 2 is 2.19 bits per heavy atom. The molecule has 3 rings (SSSR count). The second kappa shape index (κ2) is 7.12. The fourth-order valence-electron chi connectivity index (χ4n) is 3.54. The number of fused-ring (bicyclic) bond motifs is 1. The lowest BCUT2D eigenvalue weighted by Crippen LogP contribution is -2.50. The Kier molecular flexibility index (Phi) is 5.19. The number of benzene rings is 1. The molecule has 2 saturated heterocycles. The molecule has 0 bridgehead atoms. The number of hydrogen-bond acceptors (Lipinski definition) is 3. The van der Waals surface area contributed by atoms with E-state index in [0.717, 1.165) is 25.7 Å². The van der Waals surface area contributed by atoms with Gasteiger partial charge in [0.1, 0.15) is 0 Å². The van der Waals surface area contributed by atoms with Crippen molar-refractivity contribution in [3.8, 4) is 0 Å². The number of piperazine rings is 1. The van der Waals surface area contributed by atoms with Crippen LogP contribution in [0.1, 0.15) is 31.7 Å². The molecule has 1 aromatic rings. The van der Waals surface area contributed by atoms with Crippen molar-refractivity contribution in [2.24, 2.45) is 0 Å². The average Bonchev–Trinajstić information content (AvgIpc) is 2.95. The van der Waals surface area contributed by atoms with Crippen LogP contribution in [-0.4, -0.2) is 43.7 Å². The molecule has 0 radical (unpaired) electrons. The van der Waals surface area contributed by atoms with E-state index in [2.05, 4.69) is 56.2 Å². The van der Waals surface area contributed by atoms with Crippen molar-refractivity contribution in [2.45, 2.75) is 38.8 Å². The number of anilines is 1. The van der Waals surface area contributed by atoms with Crippen LogP contribution in [0.5, 0.6) is 0 Å². The first kappa shape index (κ1) is 15.3. The van der Waals surface area contributed by atoms with E-state index in [-0.39, 0.29) is 0 Å². The van der Waals surface area contributed by atoms with Gasteiger partial charge in [0.15, 0.2) is 0 Å². The molecule has 0 aliphatic carbocycles. The molecular weight excluding hydrogens is 326 g/mol. The molecule has 4 heteroatoms. The smallest absolute Gasteiger partial charge is 0.0511 e. The summed E-state index contributed by atoms with van der Waals surface area (Å²) in [4.78, 5) is 5.22. The molecule has 1 unspecified atom stereocenters. The highest BCUT2D eigenvalue weighted by Crippen LogP contribution is 2.31. The molecule has 1 atom stereocenters. The van der Waals surface area contributed by atoms with Gasteiger partial charge >= 0.3 is 0 Å². The van der Waals surface area contributed by atoms with Gasteiger partial charge < -0.3 is 10.2 Å². The van der Waals surface area contributed by atoms with Crippen molar-refractivity contribution in [1.82, 2.24) is 10.2 Å². The van der Waals surface area contributed by atoms with E-state index in [0.29, 0.717) is 0 Å². The van der Waals surface area contributed by atoms with Gasteiger partial charge in [-0.2, -0.15) is 0 Å². The molecule has 2 heterocycles. The molecule has 21 heavy (non-hydrogen) atoms. The summed E-state index contributed by atoms with van der Waals surface area (Å²) in [6, 6.07) is 7.61. The molecule has 0 saturated carbocycles. The summed E-state index contributed by atoms with van der Waals surface area (Å²) >= 11 is 3.78. The van der Waals surface area contributed by atoms with Gasteiger partial charge in [-0.1, -0.05) is 13.0 Å². The maximum Gasteiger partial charge on any atom is 0.0511 e. The Hall–Kier alpha value is -0.580. The highest BCUT2D eigenvalue weighted by Gasteiger charge is 2.31. The van der Waals surface area contributed by atoms with Crippen molar-refractivity contribution in [2.75, 3.05) is 37.6 Å². The van der Waals surface area contributed by atoms with Crippen molar-refractivity contribution >= 4 is 21.6 Å². The lowest BCUT2D eigenvalue weighted by atomic mass is 10.1. The number of nitrogens with zero attached hydrogens (tertiary/aromatic N) is 2. The van der Waals surface area contributed by atoms with Gasteiger partial charge in [-0.05, 0) is 66.0 Å². The van der Waals surface area contributed by atoms with Crippen molar-refractivity contribution in [3.63, 3.8) is 0 Å². The molecule has 3 nitrogen and oxygen atoms in total. The summed E-state index contributed by atoms with van der Waals surface area (Å²) in [5.41, 5.74) is 2.72. The molecule has 1 N–H and O–H groups in total. The SMILES string of the molecule is CCCNCc1ccc(N2CCN3CCCC3C2)c(Br)c1. The summed E-state index contributed by atoms with van der Waals surface area (Å²) in [7, 11) is 0. The van der Waals surface area contributed by atoms with E-state index in [1.54, 1.807) is 0 Å². The number of nitrogens with one attached hydrogen (secondary N) is 1.